The summed E-state index contributed by atoms with van der Waals surface area (Å²) in [6, 6.07) is 3.83. The van der Waals surface area contributed by atoms with Crippen LogP contribution in [0.15, 0.2) is 17.0 Å². The Balaban J connectivity index is 3.12. The van der Waals surface area contributed by atoms with E-state index in [1.54, 1.807) is 18.9 Å². The van der Waals surface area contributed by atoms with Gasteiger partial charge >= 0.3 is 0 Å². The Labute approximate surface area is 107 Å². The van der Waals surface area contributed by atoms with Crippen LogP contribution in [0.4, 0.5) is 0 Å². The van der Waals surface area contributed by atoms with Crippen LogP contribution in [-0.4, -0.2) is 18.4 Å². The summed E-state index contributed by atoms with van der Waals surface area (Å²) in [4.78, 5) is 1.04. The van der Waals surface area contributed by atoms with E-state index in [1.807, 2.05) is 19.1 Å². The molecule has 0 aromatic heterocycles. The summed E-state index contributed by atoms with van der Waals surface area (Å²) in [5, 5.41) is 0.730. The summed E-state index contributed by atoms with van der Waals surface area (Å²) in [5.41, 5.74) is 6.77. The van der Waals surface area contributed by atoms with Crippen LogP contribution in [0, 0.1) is 6.92 Å². The topological polar surface area (TPSA) is 35.2 Å². The Kier molecular flexibility index (Phi) is 4.53. The molecule has 0 saturated carbocycles. The fourth-order valence-corrected chi connectivity index (χ4v) is 2.91. The molecule has 1 rings (SSSR count). The van der Waals surface area contributed by atoms with Crippen LogP contribution in [0.1, 0.15) is 19.4 Å². The van der Waals surface area contributed by atoms with Crippen LogP contribution in [0.3, 0.4) is 0 Å². The van der Waals surface area contributed by atoms with Gasteiger partial charge in [0.25, 0.3) is 0 Å². The zero-order valence-electron chi connectivity index (χ0n) is 10.1. The molecule has 0 aliphatic carbocycles. The Morgan fingerprint density at radius 2 is 2.06 bits per heavy atom. The first-order chi connectivity index (χ1) is 7.39. The van der Waals surface area contributed by atoms with Crippen molar-refractivity contribution in [3.63, 3.8) is 0 Å². The van der Waals surface area contributed by atoms with Gasteiger partial charge in [0.05, 0.1) is 12.0 Å². The maximum atomic E-state index is 6.05. The first-order valence-corrected chi connectivity index (χ1v) is 6.32. The summed E-state index contributed by atoms with van der Waals surface area (Å²) >= 11 is 7.74. The van der Waals surface area contributed by atoms with Gasteiger partial charge in [-0.3, -0.25) is 0 Å². The number of benzene rings is 1. The van der Waals surface area contributed by atoms with Gasteiger partial charge in [-0.05, 0) is 38.5 Å². The van der Waals surface area contributed by atoms with E-state index >= 15 is 0 Å². The van der Waals surface area contributed by atoms with Gasteiger partial charge in [-0.2, -0.15) is 0 Å². The third-order valence-electron chi connectivity index (χ3n) is 2.29. The highest BCUT2D eigenvalue weighted by molar-refractivity contribution is 8.00. The highest BCUT2D eigenvalue weighted by atomic mass is 35.5. The second kappa shape index (κ2) is 5.30. The van der Waals surface area contributed by atoms with Crippen LogP contribution < -0.4 is 10.5 Å². The maximum Gasteiger partial charge on any atom is 0.135 e. The molecule has 1 aromatic rings. The van der Waals surface area contributed by atoms with Gasteiger partial charge in [-0.15, -0.1) is 11.8 Å². The van der Waals surface area contributed by atoms with Crippen molar-refractivity contribution >= 4 is 23.4 Å². The van der Waals surface area contributed by atoms with Gasteiger partial charge < -0.3 is 10.5 Å². The van der Waals surface area contributed by atoms with Gasteiger partial charge in [-0.1, -0.05) is 11.6 Å². The highest BCUT2D eigenvalue weighted by Gasteiger charge is 2.20. The van der Waals surface area contributed by atoms with Crippen LogP contribution >= 0.6 is 23.4 Å². The Morgan fingerprint density at radius 1 is 1.44 bits per heavy atom. The van der Waals surface area contributed by atoms with Crippen molar-refractivity contribution in [1.82, 2.24) is 0 Å². The van der Waals surface area contributed by atoms with Crippen LogP contribution in [0.25, 0.3) is 0 Å². The number of methoxy groups -OCH3 is 1. The molecule has 2 N–H and O–H groups in total. The van der Waals surface area contributed by atoms with Crippen molar-refractivity contribution in [2.75, 3.05) is 13.7 Å². The minimum absolute atomic E-state index is 0.0234. The largest absolute Gasteiger partial charge is 0.495 e. The Morgan fingerprint density at radius 3 is 2.56 bits per heavy atom. The maximum absolute atomic E-state index is 6.05. The van der Waals surface area contributed by atoms with Crippen molar-refractivity contribution < 1.29 is 4.74 Å². The molecule has 0 atom stereocenters. The van der Waals surface area contributed by atoms with Crippen molar-refractivity contribution in [1.29, 1.82) is 0 Å². The lowest BCUT2D eigenvalue weighted by Crippen LogP contribution is -2.26. The van der Waals surface area contributed by atoms with Crippen LogP contribution in [0.2, 0.25) is 5.02 Å². The number of hydrogen-bond acceptors (Lipinski definition) is 3. The van der Waals surface area contributed by atoms with Crippen molar-refractivity contribution in [3.8, 4) is 5.75 Å². The molecule has 0 amide bonds. The first kappa shape index (κ1) is 13.7. The van der Waals surface area contributed by atoms with E-state index in [-0.39, 0.29) is 4.75 Å². The molecule has 0 spiro atoms. The van der Waals surface area contributed by atoms with Gasteiger partial charge in [0, 0.05) is 16.3 Å². The summed E-state index contributed by atoms with van der Waals surface area (Å²) in [7, 11) is 1.68. The smallest absolute Gasteiger partial charge is 0.135 e. The third kappa shape index (κ3) is 3.30. The summed E-state index contributed by atoms with van der Waals surface area (Å²) in [5.74, 6) is 0.885. The van der Waals surface area contributed by atoms with Crippen molar-refractivity contribution in [2.24, 2.45) is 5.73 Å². The lowest BCUT2D eigenvalue weighted by Gasteiger charge is -2.23. The lowest BCUT2D eigenvalue weighted by atomic mass is 10.2. The zero-order valence-corrected chi connectivity index (χ0v) is 11.7. The van der Waals surface area contributed by atoms with Gasteiger partial charge in [-0.25, -0.2) is 0 Å². The molecular formula is C12H18ClNOS. The Bertz CT molecular complexity index is 380. The normalized spacial score (nSPS) is 11.6. The molecule has 0 bridgehead atoms. The number of rotatable bonds is 4. The average Bonchev–Trinajstić information content (AvgIpc) is 2.16. The summed E-state index contributed by atoms with van der Waals surface area (Å²) < 4.78 is 5.38. The van der Waals surface area contributed by atoms with E-state index < -0.39 is 0 Å². The monoisotopic (exact) mass is 259 g/mol. The third-order valence-corrected chi connectivity index (χ3v) is 3.75. The van der Waals surface area contributed by atoms with Gasteiger partial charge in [0.15, 0.2) is 0 Å². The van der Waals surface area contributed by atoms with Crippen LogP contribution in [-0.2, 0) is 0 Å². The number of halogens is 1. The number of nitrogens with two attached hydrogens (primary N) is 1. The van der Waals surface area contributed by atoms with E-state index in [2.05, 4.69) is 13.8 Å². The minimum atomic E-state index is -0.0234. The quantitative estimate of drug-likeness (QED) is 0.841. The molecular weight excluding hydrogens is 242 g/mol. The van der Waals surface area contributed by atoms with E-state index in [9.17, 15) is 0 Å². The molecule has 16 heavy (non-hydrogen) atoms. The van der Waals surface area contributed by atoms with Gasteiger partial charge in [0.1, 0.15) is 5.75 Å². The molecule has 4 heteroatoms. The fraction of sp³-hybridized carbons (Fsp3) is 0.500. The van der Waals surface area contributed by atoms with Crippen LogP contribution in [0.5, 0.6) is 5.75 Å². The minimum Gasteiger partial charge on any atom is -0.495 e. The molecule has 90 valence electrons. The molecule has 0 fully saturated rings. The Hall–Kier alpha value is -0.380. The zero-order chi connectivity index (χ0) is 12.3. The molecule has 2 nitrogen and oxygen atoms in total. The predicted molar refractivity (Wildman–Crippen MR) is 71.7 cm³/mol. The van der Waals surface area contributed by atoms with E-state index in [0.29, 0.717) is 6.54 Å². The second-order valence-corrected chi connectivity index (χ2v) is 6.51. The van der Waals surface area contributed by atoms with Crippen molar-refractivity contribution in [3.05, 3.63) is 22.7 Å². The number of aryl methyl sites for hydroxylation is 1. The summed E-state index contributed by atoms with van der Waals surface area (Å²) in [6.45, 7) is 6.80. The first-order valence-electron chi connectivity index (χ1n) is 5.13. The molecule has 1 aromatic carbocycles. The van der Waals surface area contributed by atoms with E-state index in [1.165, 1.54) is 0 Å². The SMILES string of the molecule is COc1c(C)cc(Cl)cc1SC(C)(C)CN. The second-order valence-electron chi connectivity index (χ2n) is 4.32. The number of ether oxygens (including phenoxy) is 1. The molecule has 0 heterocycles. The number of hydrogen-bond donors (Lipinski definition) is 1. The standard InChI is InChI=1S/C12H18ClNOS/c1-8-5-9(13)6-10(11(8)15-4)16-12(2,3)7-14/h5-6H,7,14H2,1-4H3. The highest BCUT2D eigenvalue weighted by Crippen LogP contribution is 2.40. The van der Waals surface area contributed by atoms with Gasteiger partial charge in [0.2, 0.25) is 0 Å². The molecule has 0 aliphatic heterocycles. The molecule has 0 radical (unpaired) electrons. The van der Waals surface area contributed by atoms with E-state index in [4.69, 9.17) is 22.1 Å². The molecule has 0 saturated heterocycles. The predicted octanol–water partition coefficient (Wildman–Crippen LogP) is 3.49. The molecule has 0 aliphatic rings. The summed E-state index contributed by atoms with van der Waals surface area (Å²) in [6.07, 6.45) is 0. The lowest BCUT2D eigenvalue weighted by molar-refractivity contribution is 0.401. The van der Waals surface area contributed by atoms with E-state index in [0.717, 1.165) is 21.2 Å². The fourth-order valence-electron chi connectivity index (χ4n) is 1.38. The average molecular weight is 260 g/mol. The number of thioether (sulfide) groups is 1. The molecule has 0 unspecified atom stereocenters. The van der Waals surface area contributed by atoms with Crippen molar-refractivity contribution in [2.45, 2.75) is 30.4 Å².